The minimum Gasteiger partial charge on any atom is -0.453 e. The summed E-state index contributed by atoms with van der Waals surface area (Å²) in [6, 6.07) is 6.31. The van der Waals surface area contributed by atoms with E-state index in [0.29, 0.717) is 5.22 Å². The van der Waals surface area contributed by atoms with Crippen LogP contribution < -0.4 is 5.32 Å². The Morgan fingerprint density at radius 2 is 2.25 bits per heavy atom. The minimum atomic E-state index is 0.134. The molecule has 16 heavy (non-hydrogen) atoms. The number of hydrogen-bond acceptors (Lipinski definition) is 3. The van der Waals surface area contributed by atoms with Crippen LogP contribution in [-0.2, 0) is 0 Å². The average molecular weight is 256 g/mol. The maximum atomic E-state index is 6.02. The molecule has 0 saturated carbocycles. The number of thiophene rings is 1. The number of aryl methyl sites for hydroxylation is 1. The molecule has 2 aromatic heterocycles. The van der Waals surface area contributed by atoms with Crippen molar-refractivity contribution in [2.45, 2.75) is 19.9 Å². The van der Waals surface area contributed by atoms with Gasteiger partial charge in [-0.1, -0.05) is 6.92 Å². The maximum Gasteiger partial charge on any atom is 0.198 e. The number of hydrogen-bond donors (Lipinski definition) is 1. The smallest absolute Gasteiger partial charge is 0.198 e. The lowest BCUT2D eigenvalue weighted by molar-refractivity contribution is 0.556. The second kappa shape index (κ2) is 5.04. The predicted octanol–water partition coefficient (Wildman–Crippen LogP) is 4.00. The summed E-state index contributed by atoms with van der Waals surface area (Å²) >= 11 is 7.80. The molecule has 0 radical (unpaired) electrons. The summed E-state index contributed by atoms with van der Waals surface area (Å²) in [7, 11) is 0. The van der Waals surface area contributed by atoms with Gasteiger partial charge < -0.3 is 9.73 Å². The van der Waals surface area contributed by atoms with Gasteiger partial charge >= 0.3 is 0 Å². The topological polar surface area (TPSA) is 25.2 Å². The highest BCUT2D eigenvalue weighted by molar-refractivity contribution is 7.12. The van der Waals surface area contributed by atoms with Crippen LogP contribution in [0.3, 0.4) is 0 Å². The quantitative estimate of drug-likeness (QED) is 0.893. The third-order valence-electron chi connectivity index (χ3n) is 2.41. The van der Waals surface area contributed by atoms with E-state index >= 15 is 0 Å². The van der Waals surface area contributed by atoms with Gasteiger partial charge in [0.05, 0.1) is 12.3 Å². The zero-order valence-electron chi connectivity index (χ0n) is 9.29. The van der Waals surface area contributed by atoms with E-state index in [2.05, 4.69) is 31.3 Å². The molecule has 0 aliphatic heterocycles. The standard InChI is InChI=1S/C12H14ClNOS/c1-3-14-11(9-6-7-15-12(9)13)10-5-4-8(2)16-10/h4-7,11,14H,3H2,1-2H3. The van der Waals surface area contributed by atoms with Gasteiger partial charge in [-0.25, -0.2) is 0 Å². The van der Waals surface area contributed by atoms with Crippen molar-refractivity contribution in [1.82, 2.24) is 5.32 Å². The van der Waals surface area contributed by atoms with Crippen LogP contribution in [0.2, 0.25) is 5.22 Å². The molecule has 0 amide bonds. The number of halogens is 1. The summed E-state index contributed by atoms with van der Waals surface area (Å²) in [5, 5.41) is 3.89. The van der Waals surface area contributed by atoms with Crippen molar-refractivity contribution in [1.29, 1.82) is 0 Å². The Morgan fingerprint density at radius 3 is 2.75 bits per heavy atom. The lowest BCUT2D eigenvalue weighted by Gasteiger charge is -2.14. The van der Waals surface area contributed by atoms with Crippen molar-refractivity contribution in [2.24, 2.45) is 0 Å². The molecule has 2 rings (SSSR count). The molecule has 0 aliphatic carbocycles. The van der Waals surface area contributed by atoms with Crippen molar-refractivity contribution in [3.63, 3.8) is 0 Å². The number of rotatable bonds is 4. The number of nitrogens with one attached hydrogen (secondary N) is 1. The Bertz CT molecular complexity index is 463. The Kier molecular flexibility index (Phi) is 3.69. The Balaban J connectivity index is 2.34. The Morgan fingerprint density at radius 1 is 1.44 bits per heavy atom. The number of furan rings is 1. The molecule has 1 unspecified atom stereocenters. The second-order valence-electron chi connectivity index (χ2n) is 3.59. The molecular weight excluding hydrogens is 242 g/mol. The fraction of sp³-hybridized carbons (Fsp3) is 0.333. The van der Waals surface area contributed by atoms with Gasteiger partial charge in [0.15, 0.2) is 5.22 Å². The van der Waals surface area contributed by atoms with Gasteiger partial charge in [-0.15, -0.1) is 11.3 Å². The van der Waals surface area contributed by atoms with Crippen LogP contribution in [0.25, 0.3) is 0 Å². The first-order valence-electron chi connectivity index (χ1n) is 5.25. The monoisotopic (exact) mass is 255 g/mol. The highest BCUT2D eigenvalue weighted by atomic mass is 35.5. The summed E-state index contributed by atoms with van der Waals surface area (Å²) < 4.78 is 5.15. The average Bonchev–Trinajstić information content (AvgIpc) is 2.84. The molecule has 0 aliphatic rings. The van der Waals surface area contributed by atoms with Gasteiger partial charge in [0.1, 0.15) is 0 Å². The fourth-order valence-electron chi connectivity index (χ4n) is 1.69. The van der Waals surface area contributed by atoms with Crippen LogP contribution in [0, 0.1) is 6.92 Å². The molecule has 2 aromatic rings. The van der Waals surface area contributed by atoms with E-state index < -0.39 is 0 Å². The van der Waals surface area contributed by atoms with Gasteiger partial charge in [0.2, 0.25) is 0 Å². The maximum absolute atomic E-state index is 6.02. The van der Waals surface area contributed by atoms with Crippen LogP contribution in [0.4, 0.5) is 0 Å². The van der Waals surface area contributed by atoms with Gasteiger partial charge in [0.25, 0.3) is 0 Å². The highest BCUT2D eigenvalue weighted by Crippen LogP contribution is 2.32. The van der Waals surface area contributed by atoms with Gasteiger partial charge in [0, 0.05) is 15.3 Å². The minimum absolute atomic E-state index is 0.134. The van der Waals surface area contributed by atoms with Gasteiger partial charge in [-0.3, -0.25) is 0 Å². The third kappa shape index (κ3) is 2.32. The third-order valence-corrected chi connectivity index (χ3v) is 3.78. The van der Waals surface area contributed by atoms with E-state index in [-0.39, 0.29) is 6.04 Å². The summed E-state index contributed by atoms with van der Waals surface area (Å²) in [6.07, 6.45) is 1.63. The van der Waals surface area contributed by atoms with Gasteiger partial charge in [-0.2, -0.15) is 0 Å². The predicted molar refractivity (Wildman–Crippen MR) is 68.3 cm³/mol. The molecule has 0 saturated heterocycles. The lowest BCUT2D eigenvalue weighted by Crippen LogP contribution is -2.20. The van der Waals surface area contributed by atoms with Crippen LogP contribution >= 0.6 is 22.9 Å². The largest absolute Gasteiger partial charge is 0.453 e. The van der Waals surface area contributed by atoms with E-state index in [9.17, 15) is 0 Å². The molecule has 2 heterocycles. The van der Waals surface area contributed by atoms with Crippen LogP contribution in [0.15, 0.2) is 28.9 Å². The van der Waals surface area contributed by atoms with Crippen molar-refractivity contribution in [3.8, 4) is 0 Å². The van der Waals surface area contributed by atoms with Crippen molar-refractivity contribution >= 4 is 22.9 Å². The zero-order valence-corrected chi connectivity index (χ0v) is 10.9. The van der Waals surface area contributed by atoms with Crippen molar-refractivity contribution in [3.05, 3.63) is 45.0 Å². The molecule has 4 heteroatoms. The summed E-state index contributed by atoms with van der Waals surface area (Å²) in [4.78, 5) is 2.57. The van der Waals surface area contributed by atoms with Crippen molar-refractivity contribution in [2.75, 3.05) is 6.54 Å². The zero-order chi connectivity index (χ0) is 11.5. The Labute approximate surface area is 104 Å². The van der Waals surface area contributed by atoms with Crippen molar-refractivity contribution < 1.29 is 4.42 Å². The molecule has 0 spiro atoms. The molecule has 0 bridgehead atoms. The lowest BCUT2D eigenvalue weighted by atomic mass is 10.1. The Hall–Kier alpha value is -0.770. The van der Waals surface area contributed by atoms with Crippen LogP contribution in [0.1, 0.15) is 28.3 Å². The molecule has 1 atom stereocenters. The van der Waals surface area contributed by atoms with E-state index in [0.717, 1.165) is 12.1 Å². The second-order valence-corrected chi connectivity index (χ2v) is 5.25. The first-order valence-corrected chi connectivity index (χ1v) is 6.44. The van der Waals surface area contributed by atoms with Crippen LogP contribution in [0.5, 0.6) is 0 Å². The van der Waals surface area contributed by atoms with E-state index in [4.69, 9.17) is 16.0 Å². The fourth-order valence-corrected chi connectivity index (χ4v) is 2.88. The molecule has 0 aromatic carbocycles. The molecular formula is C12H14ClNOS. The summed E-state index contributed by atoms with van der Waals surface area (Å²) in [6.45, 7) is 5.08. The van der Waals surface area contributed by atoms with Crippen LogP contribution in [-0.4, -0.2) is 6.54 Å². The van der Waals surface area contributed by atoms with Gasteiger partial charge in [-0.05, 0) is 43.3 Å². The highest BCUT2D eigenvalue weighted by Gasteiger charge is 2.19. The summed E-state index contributed by atoms with van der Waals surface area (Å²) in [5.74, 6) is 0. The van der Waals surface area contributed by atoms with E-state index in [1.54, 1.807) is 17.6 Å². The SMILES string of the molecule is CCNC(c1ccc(C)s1)c1ccoc1Cl. The van der Waals surface area contributed by atoms with E-state index in [1.807, 2.05) is 6.07 Å². The molecule has 2 nitrogen and oxygen atoms in total. The van der Waals surface area contributed by atoms with E-state index in [1.165, 1.54) is 9.75 Å². The summed E-state index contributed by atoms with van der Waals surface area (Å²) in [5.41, 5.74) is 1.00. The molecule has 0 fully saturated rings. The normalized spacial score (nSPS) is 12.9. The molecule has 86 valence electrons. The molecule has 1 N–H and O–H groups in total. The first-order chi connectivity index (χ1) is 7.72. The first kappa shape index (κ1) is 11.7.